The highest BCUT2D eigenvalue weighted by atomic mass is 16.4. The van der Waals surface area contributed by atoms with Gasteiger partial charge in [-0.3, -0.25) is 9.36 Å². The number of aryl methyl sites for hydroxylation is 1. The van der Waals surface area contributed by atoms with Gasteiger partial charge >= 0.3 is 11.7 Å². The molecule has 33 heavy (non-hydrogen) atoms. The number of hydrogen-bond donors (Lipinski definition) is 1. The average molecular weight is 441 g/mol. The summed E-state index contributed by atoms with van der Waals surface area (Å²) >= 11 is 0. The van der Waals surface area contributed by atoms with E-state index in [1.165, 1.54) is 4.57 Å². The van der Waals surface area contributed by atoms with Crippen molar-refractivity contribution in [3.05, 3.63) is 112 Å². The maximum atomic E-state index is 13.0. The minimum atomic E-state index is -0.985. The second-order valence-electron chi connectivity index (χ2n) is 7.65. The lowest BCUT2D eigenvalue weighted by Gasteiger charge is -2.08. The molecule has 4 rings (SSSR count). The summed E-state index contributed by atoms with van der Waals surface area (Å²) in [6, 6.07) is 23.4. The Hall–Kier alpha value is -4.26. The smallest absolute Gasteiger partial charge is 0.353 e. The van der Waals surface area contributed by atoms with Gasteiger partial charge in [-0.25, -0.2) is 9.59 Å². The summed E-state index contributed by atoms with van der Waals surface area (Å²) in [5.74, 6) is -0.830. The SMILES string of the molecule is CCc1nn(C(=O)Cc2ccccc2)c(=O)n1Cc1ccc(-c2ccccc2C(=O)O)cc1. The second-order valence-corrected chi connectivity index (χ2v) is 7.65. The summed E-state index contributed by atoms with van der Waals surface area (Å²) in [4.78, 5) is 37.2. The highest BCUT2D eigenvalue weighted by molar-refractivity contribution is 5.96. The van der Waals surface area contributed by atoms with E-state index in [2.05, 4.69) is 5.10 Å². The van der Waals surface area contributed by atoms with E-state index in [0.717, 1.165) is 21.4 Å². The van der Waals surface area contributed by atoms with Crippen LogP contribution in [0.1, 0.15) is 39.0 Å². The molecule has 1 heterocycles. The number of carboxylic acid groups (broad SMARTS) is 1. The first kappa shape index (κ1) is 22.0. The largest absolute Gasteiger partial charge is 0.478 e. The van der Waals surface area contributed by atoms with Gasteiger partial charge in [0.15, 0.2) is 0 Å². The molecule has 1 aromatic heterocycles. The van der Waals surface area contributed by atoms with Gasteiger partial charge < -0.3 is 5.11 Å². The zero-order chi connectivity index (χ0) is 23.4. The summed E-state index contributed by atoms with van der Waals surface area (Å²) < 4.78 is 2.45. The Labute approximate surface area is 190 Å². The van der Waals surface area contributed by atoms with E-state index in [4.69, 9.17) is 0 Å². The Bertz CT molecular complexity index is 1350. The zero-order valence-electron chi connectivity index (χ0n) is 18.1. The molecule has 0 aliphatic carbocycles. The molecule has 0 amide bonds. The van der Waals surface area contributed by atoms with Gasteiger partial charge in [0.25, 0.3) is 5.91 Å². The fourth-order valence-corrected chi connectivity index (χ4v) is 3.76. The van der Waals surface area contributed by atoms with E-state index in [1.54, 1.807) is 24.3 Å². The Kier molecular flexibility index (Phi) is 6.31. The second kappa shape index (κ2) is 9.48. The number of rotatable bonds is 7. The monoisotopic (exact) mass is 441 g/mol. The van der Waals surface area contributed by atoms with Crippen LogP contribution in [0.5, 0.6) is 0 Å². The van der Waals surface area contributed by atoms with Crippen molar-refractivity contribution < 1.29 is 14.7 Å². The van der Waals surface area contributed by atoms with E-state index < -0.39 is 11.7 Å². The quantitative estimate of drug-likeness (QED) is 0.469. The standard InChI is InChI=1S/C26H23N3O4/c1-2-23-27-29(24(30)16-18-8-4-3-5-9-18)26(33)28(23)17-19-12-14-20(15-13-19)21-10-6-7-11-22(21)25(31)32/h3-15H,2,16-17H2,1H3,(H,31,32). The lowest BCUT2D eigenvalue weighted by Crippen LogP contribution is -2.31. The molecule has 7 heteroatoms. The van der Waals surface area contributed by atoms with Crippen molar-refractivity contribution in [2.24, 2.45) is 0 Å². The van der Waals surface area contributed by atoms with Gasteiger partial charge in [-0.15, -0.1) is 9.78 Å². The predicted octanol–water partition coefficient (Wildman–Crippen LogP) is 3.90. The molecule has 0 saturated heterocycles. The van der Waals surface area contributed by atoms with Gasteiger partial charge in [0.1, 0.15) is 5.82 Å². The van der Waals surface area contributed by atoms with Crippen molar-refractivity contribution in [3.63, 3.8) is 0 Å². The Balaban J connectivity index is 1.59. The van der Waals surface area contributed by atoms with Gasteiger partial charge in [0, 0.05) is 6.42 Å². The number of carboxylic acids is 1. The summed E-state index contributed by atoms with van der Waals surface area (Å²) in [7, 11) is 0. The number of carbonyl (C=O) groups is 2. The maximum Gasteiger partial charge on any atom is 0.353 e. The first-order chi connectivity index (χ1) is 16.0. The molecule has 3 aromatic carbocycles. The molecular formula is C26H23N3O4. The topological polar surface area (TPSA) is 94.2 Å². The third-order valence-electron chi connectivity index (χ3n) is 5.45. The fourth-order valence-electron chi connectivity index (χ4n) is 3.76. The molecule has 1 N–H and O–H groups in total. The van der Waals surface area contributed by atoms with Crippen LogP contribution in [0.4, 0.5) is 0 Å². The van der Waals surface area contributed by atoms with Gasteiger partial charge in [-0.1, -0.05) is 79.7 Å². The van der Waals surface area contributed by atoms with Crippen LogP contribution in [0.25, 0.3) is 11.1 Å². The van der Waals surface area contributed by atoms with Crippen LogP contribution < -0.4 is 5.69 Å². The lowest BCUT2D eigenvalue weighted by molar-refractivity contribution is 0.0697. The van der Waals surface area contributed by atoms with E-state index in [-0.39, 0.29) is 24.4 Å². The zero-order valence-corrected chi connectivity index (χ0v) is 18.1. The van der Waals surface area contributed by atoms with Crippen LogP contribution in [0, 0.1) is 0 Å². The average Bonchev–Trinajstić information content (AvgIpc) is 3.15. The van der Waals surface area contributed by atoms with Crippen LogP contribution >= 0.6 is 0 Å². The van der Waals surface area contributed by atoms with E-state index in [1.807, 2.05) is 61.5 Å². The molecule has 0 saturated carbocycles. The van der Waals surface area contributed by atoms with Crippen molar-refractivity contribution in [3.8, 4) is 11.1 Å². The molecule has 0 unspecified atom stereocenters. The highest BCUT2D eigenvalue weighted by Crippen LogP contribution is 2.24. The van der Waals surface area contributed by atoms with Crippen molar-refractivity contribution >= 4 is 11.9 Å². The summed E-state index contributed by atoms with van der Waals surface area (Å²) in [6.45, 7) is 2.15. The van der Waals surface area contributed by atoms with E-state index >= 15 is 0 Å². The molecule has 0 radical (unpaired) electrons. The first-order valence-electron chi connectivity index (χ1n) is 10.7. The Morgan fingerprint density at radius 3 is 2.21 bits per heavy atom. The minimum Gasteiger partial charge on any atom is -0.478 e. The number of benzene rings is 3. The molecule has 0 aliphatic heterocycles. The van der Waals surface area contributed by atoms with Crippen molar-refractivity contribution in [2.75, 3.05) is 0 Å². The summed E-state index contributed by atoms with van der Waals surface area (Å²) in [5.41, 5.74) is 2.83. The van der Waals surface area contributed by atoms with Crippen LogP contribution in [0.3, 0.4) is 0 Å². The predicted molar refractivity (Wildman–Crippen MR) is 125 cm³/mol. The molecule has 166 valence electrons. The number of hydrogen-bond acceptors (Lipinski definition) is 4. The van der Waals surface area contributed by atoms with Gasteiger partial charge in [-0.2, -0.15) is 0 Å². The number of aromatic nitrogens is 3. The summed E-state index contributed by atoms with van der Waals surface area (Å²) in [6.07, 6.45) is 0.601. The number of carbonyl (C=O) groups excluding carboxylic acids is 1. The molecule has 0 fully saturated rings. The number of nitrogens with zero attached hydrogens (tertiary/aromatic N) is 3. The van der Waals surface area contributed by atoms with Crippen LogP contribution in [0.2, 0.25) is 0 Å². The van der Waals surface area contributed by atoms with Gasteiger partial charge in [0.2, 0.25) is 0 Å². The minimum absolute atomic E-state index is 0.0958. The van der Waals surface area contributed by atoms with Gasteiger partial charge in [0.05, 0.1) is 18.5 Å². The molecule has 0 aliphatic rings. The molecule has 0 spiro atoms. The van der Waals surface area contributed by atoms with Crippen molar-refractivity contribution in [1.82, 2.24) is 14.3 Å². The molecule has 0 atom stereocenters. The van der Waals surface area contributed by atoms with Crippen molar-refractivity contribution in [2.45, 2.75) is 26.3 Å². The normalized spacial score (nSPS) is 10.8. The molecular weight excluding hydrogens is 418 g/mol. The van der Waals surface area contributed by atoms with E-state index in [0.29, 0.717) is 17.8 Å². The van der Waals surface area contributed by atoms with Crippen LogP contribution in [-0.2, 0) is 19.4 Å². The first-order valence-corrected chi connectivity index (χ1v) is 10.7. The summed E-state index contributed by atoms with van der Waals surface area (Å²) in [5, 5.41) is 13.7. The van der Waals surface area contributed by atoms with Crippen LogP contribution in [-0.4, -0.2) is 31.3 Å². The fraction of sp³-hybridized carbons (Fsp3) is 0.154. The molecule has 7 nitrogen and oxygen atoms in total. The highest BCUT2D eigenvalue weighted by Gasteiger charge is 2.18. The van der Waals surface area contributed by atoms with E-state index in [9.17, 15) is 19.5 Å². The van der Waals surface area contributed by atoms with Gasteiger partial charge in [-0.05, 0) is 28.3 Å². The van der Waals surface area contributed by atoms with Crippen molar-refractivity contribution in [1.29, 1.82) is 0 Å². The number of aromatic carboxylic acids is 1. The Morgan fingerprint density at radius 1 is 0.879 bits per heavy atom. The lowest BCUT2D eigenvalue weighted by atomic mass is 9.99. The maximum absolute atomic E-state index is 13.0. The third-order valence-corrected chi connectivity index (χ3v) is 5.45. The molecule has 0 bridgehead atoms. The molecule has 4 aromatic rings. The third kappa shape index (κ3) is 4.67. The van der Waals surface area contributed by atoms with Crippen LogP contribution in [0.15, 0.2) is 83.7 Å². The Morgan fingerprint density at radius 2 is 1.55 bits per heavy atom.